The van der Waals surface area contributed by atoms with Crippen LogP contribution in [0.5, 0.6) is 0 Å². The Morgan fingerprint density at radius 3 is 2.41 bits per heavy atom. The number of aryl methyl sites for hydroxylation is 1. The van der Waals surface area contributed by atoms with Gasteiger partial charge < -0.3 is 25.7 Å². The molecule has 2 amide bonds. The average Bonchev–Trinajstić information content (AvgIpc) is 3.21. The van der Waals surface area contributed by atoms with Crippen molar-refractivity contribution in [3.05, 3.63) is 72.3 Å². The second kappa shape index (κ2) is 10.7. The molecule has 202 valence electrons. The average molecular weight is 531 g/mol. The van der Waals surface area contributed by atoms with Gasteiger partial charge in [-0.1, -0.05) is 24.8 Å². The number of rotatable bonds is 8. The number of ether oxygens (including phenoxy) is 1. The van der Waals surface area contributed by atoms with Gasteiger partial charge in [-0.2, -0.15) is 0 Å². The van der Waals surface area contributed by atoms with Crippen molar-refractivity contribution in [2.45, 2.75) is 26.4 Å². The highest BCUT2D eigenvalue weighted by molar-refractivity contribution is 6.08. The maximum Gasteiger partial charge on any atom is 0.254 e. The predicted octanol–water partition coefficient (Wildman–Crippen LogP) is 4.69. The molecular weight excluding hydrogens is 499 g/mol. The Hall–Kier alpha value is -4.57. The van der Waals surface area contributed by atoms with Crippen LogP contribution in [-0.4, -0.2) is 45.6 Å². The molecule has 2 aromatic carbocycles. The van der Waals surface area contributed by atoms with E-state index in [1.807, 2.05) is 37.6 Å². The van der Waals surface area contributed by atoms with E-state index in [4.69, 9.17) is 10.5 Å². The van der Waals surface area contributed by atoms with Gasteiger partial charge in [0, 0.05) is 37.5 Å². The van der Waals surface area contributed by atoms with Crippen molar-refractivity contribution in [1.82, 2.24) is 19.9 Å². The molecule has 0 unspecified atom stereocenters. The molecule has 0 fully saturated rings. The second-order valence-corrected chi connectivity index (χ2v) is 9.89. The number of carbonyl (C=O) groups excluding carboxylic acids is 2. The highest BCUT2D eigenvalue weighted by atomic mass is 19.1. The largest absolute Gasteiger partial charge is 0.383 e. The third kappa shape index (κ3) is 5.51. The Labute approximate surface area is 225 Å². The fourth-order valence-electron chi connectivity index (χ4n) is 4.16. The van der Waals surface area contributed by atoms with Crippen molar-refractivity contribution in [2.75, 3.05) is 24.7 Å². The molecule has 10 heteroatoms. The lowest BCUT2D eigenvalue weighted by Crippen LogP contribution is -2.40. The number of aromatic nitrogens is 3. The van der Waals surface area contributed by atoms with Crippen LogP contribution < -0.4 is 16.4 Å². The van der Waals surface area contributed by atoms with E-state index in [0.29, 0.717) is 39.1 Å². The number of carbonyl (C=O) groups is 2. The number of halogens is 1. The van der Waals surface area contributed by atoms with Gasteiger partial charge in [0.15, 0.2) is 0 Å². The molecular formula is C29H31FN6O3. The summed E-state index contributed by atoms with van der Waals surface area (Å²) in [5.41, 5.74) is 9.78. The Morgan fingerprint density at radius 2 is 1.79 bits per heavy atom. The molecule has 4 aromatic rings. The number of nitrogen functional groups attached to an aromatic ring is 1. The molecule has 4 rings (SSSR count). The molecule has 0 atom stereocenters. The van der Waals surface area contributed by atoms with Gasteiger partial charge in [0.05, 0.1) is 22.2 Å². The monoisotopic (exact) mass is 530 g/mol. The zero-order chi connectivity index (χ0) is 28.5. The summed E-state index contributed by atoms with van der Waals surface area (Å²) in [6.45, 7) is 9.14. The van der Waals surface area contributed by atoms with Gasteiger partial charge >= 0.3 is 0 Å². The van der Waals surface area contributed by atoms with Gasteiger partial charge in [0.2, 0.25) is 0 Å². The van der Waals surface area contributed by atoms with Crippen LogP contribution in [0.1, 0.15) is 31.1 Å². The van der Waals surface area contributed by atoms with E-state index in [1.165, 1.54) is 18.5 Å². The number of fused-ring (bicyclic) bond motifs is 1. The Bertz CT molecular complexity index is 1590. The molecule has 0 aliphatic heterocycles. The van der Waals surface area contributed by atoms with Crippen LogP contribution in [0.4, 0.5) is 15.9 Å². The van der Waals surface area contributed by atoms with Crippen molar-refractivity contribution >= 4 is 34.4 Å². The number of nitrogens with one attached hydrogen (secondary N) is 2. The number of hydrogen-bond donors (Lipinski definition) is 3. The summed E-state index contributed by atoms with van der Waals surface area (Å²) in [6.07, 6.45) is 1.37. The first-order valence-corrected chi connectivity index (χ1v) is 12.2. The van der Waals surface area contributed by atoms with Crippen molar-refractivity contribution in [1.29, 1.82) is 0 Å². The lowest BCUT2D eigenvalue weighted by Gasteiger charge is -2.23. The molecule has 0 saturated heterocycles. The maximum atomic E-state index is 15.4. The molecule has 9 nitrogen and oxygen atoms in total. The zero-order valence-corrected chi connectivity index (χ0v) is 22.6. The van der Waals surface area contributed by atoms with E-state index < -0.39 is 17.3 Å². The lowest BCUT2D eigenvalue weighted by atomic mass is 9.97. The van der Waals surface area contributed by atoms with E-state index >= 15 is 4.39 Å². The van der Waals surface area contributed by atoms with E-state index in [-0.39, 0.29) is 23.8 Å². The normalized spacial score (nSPS) is 11.4. The maximum absolute atomic E-state index is 15.4. The summed E-state index contributed by atoms with van der Waals surface area (Å²) in [6, 6.07) is 11.6. The lowest BCUT2D eigenvalue weighted by molar-refractivity contribution is -0.112. The molecule has 0 spiro atoms. The van der Waals surface area contributed by atoms with Crippen molar-refractivity contribution < 1.29 is 18.7 Å². The number of methoxy groups -OCH3 is 1. The Morgan fingerprint density at radius 1 is 1.13 bits per heavy atom. The first kappa shape index (κ1) is 27.5. The predicted molar refractivity (Wildman–Crippen MR) is 151 cm³/mol. The minimum atomic E-state index is -0.684. The third-order valence-corrected chi connectivity index (χ3v) is 6.53. The molecule has 0 aliphatic rings. The molecule has 4 N–H and O–H groups in total. The van der Waals surface area contributed by atoms with Crippen LogP contribution in [0.3, 0.4) is 0 Å². The summed E-state index contributed by atoms with van der Waals surface area (Å²) in [4.78, 5) is 33.3. The SMILES string of the molecule is C=C(C)C(=O)Nc1ccc(-c2c(-c3ccc(C(=O)NCC(C)(C)OC)c(F)c3)c3c(N)ncnc3n2C)cc1. The van der Waals surface area contributed by atoms with Gasteiger partial charge in [-0.15, -0.1) is 0 Å². The molecule has 0 bridgehead atoms. The number of nitrogens with two attached hydrogens (primary N) is 1. The standard InChI is InChI=1S/C29H31FN6O3/c1-16(2)27(37)35-19-10-7-17(8-11-19)24-22(23-25(31)33-15-34-26(23)36(24)5)18-9-12-20(21(30)13-18)28(38)32-14-29(3,4)39-6/h7-13,15H,1,14H2,2-6H3,(H,32,38)(H,35,37)(H2,31,33,34). The molecule has 2 aromatic heterocycles. The van der Waals surface area contributed by atoms with E-state index in [0.717, 1.165) is 5.56 Å². The van der Waals surface area contributed by atoms with Gasteiger partial charge in [-0.25, -0.2) is 14.4 Å². The van der Waals surface area contributed by atoms with Crippen molar-refractivity contribution in [3.63, 3.8) is 0 Å². The minimum absolute atomic E-state index is 0.0886. The first-order chi connectivity index (χ1) is 18.4. The van der Waals surface area contributed by atoms with Crippen LogP contribution in [0.15, 0.2) is 60.9 Å². The highest BCUT2D eigenvalue weighted by Crippen LogP contribution is 2.42. The van der Waals surface area contributed by atoms with Crippen LogP contribution in [0, 0.1) is 5.82 Å². The summed E-state index contributed by atoms with van der Waals surface area (Å²) < 4.78 is 22.5. The molecule has 0 radical (unpaired) electrons. The molecule has 39 heavy (non-hydrogen) atoms. The Balaban J connectivity index is 1.79. The molecule has 0 saturated carbocycles. The molecule has 2 heterocycles. The van der Waals surface area contributed by atoms with E-state index in [1.54, 1.807) is 32.2 Å². The Kier molecular flexibility index (Phi) is 7.51. The number of benzene rings is 2. The zero-order valence-electron chi connectivity index (χ0n) is 22.6. The van der Waals surface area contributed by atoms with Crippen molar-refractivity contribution in [3.8, 4) is 22.4 Å². The summed E-state index contributed by atoms with van der Waals surface area (Å²) in [7, 11) is 3.38. The quantitative estimate of drug-likeness (QED) is 0.284. The van der Waals surface area contributed by atoms with Crippen LogP contribution in [0.25, 0.3) is 33.4 Å². The number of anilines is 2. The minimum Gasteiger partial charge on any atom is -0.383 e. The fourth-order valence-corrected chi connectivity index (χ4v) is 4.16. The van der Waals surface area contributed by atoms with Gasteiger partial charge in [0.25, 0.3) is 11.8 Å². The van der Waals surface area contributed by atoms with Crippen LogP contribution >= 0.6 is 0 Å². The third-order valence-electron chi connectivity index (χ3n) is 6.53. The number of hydrogen-bond acceptors (Lipinski definition) is 6. The topological polar surface area (TPSA) is 124 Å². The number of amides is 2. The van der Waals surface area contributed by atoms with Gasteiger partial charge in [-0.3, -0.25) is 9.59 Å². The molecule has 0 aliphatic carbocycles. The number of nitrogens with zero attached hydrogens (tertiary/aromatic N) is 3. The smallest absolute Gasteiger partial charge is 0.254 e. The van der Waals surface area contributed by atoms with E-state index in [2.05, 4.69) is 27.2 Å². The first-order valence-electron chi connectivity index (χ1n) is 12.2. The summed E-state index contributed by atoms with van der Waals surface area (Å²) in [5.74, 6) is -1.26. The second-order valence-electron chi connectivity index (χ2n) is 9.89. The highest BCUT2D eigenvalue weighted by Gasteiger charge is 2.24. The van der Waals surface area contributed by atoms with Gasteiger partial charge in [-0.05, 0) is 56.2 Å². The van der Waals surface area contributed by atoms with Crippen LogP contribution in [0.2, 0.25) is 0 Å². The van der Waals surface area contributed by atoms with E-state index in [9.17, 15) is 9.59 Å². The van der Waals surface area contributed by atoms with Crippen LogP contribution in [-0.2, 0) is 16.6 Å². The van der Waals surface area contributed by atoms with Gasteiger partial charge in [0.1, 0.15) is 23.6 Å². The summed E-state index contributed by atoms with van der Waals surface area (Å²) >= 11 is 0. The van der Waals surface area contributed by atoms with Crippen molar-refractivity contribution in [2.24, 2.45) is 7.05 Å². The fraction of sp³-hybridized carbons (Fsp3) is 0.241. The summed E-state index contributed by atoms with van der Waals surface area (Å²) in [5, 5.41) is 6.06.